The predicted octanol–water partition coefficient (Wildman–Crippen LogP) is 2.12. The van der Waals surface area contributed by atoms with Crippen molar-refractivity contribution in [2.24, 2.45) is 0 Å². The predicted molar refractivity (Wildman–Crippen MR) is 59.9 cm³/mol. The van der Waals surface area contributed by atoms with E-state index in [1.807, 2.05) is 28.9 Å². The van der Waals surface area contributed by atoms with E-state index in [1.165, 1.54) is 0 Å². The Labute approximate surface area is 93.4 Å². The van der Waals surface area contributed by atoms with Gasteiger partial charge in [-0.15, -0.1) is 0 Å². The molecule has 0 amide bonds. The Morgan fingerprint density at radius 1 is 1.38 bits per heavy atom. The van der Waals surface area contributed by atoms with Crippen LogP contribution in [0.4, 0.5) is 0 Å². The molecule has 2 heterocycles. The summed E-state index contributed by atoms with van der Waals surface area (Å²) in [5.41, 5.74) is 1.39. The van der Waals surface area contributed by atoms with Gasteiger partial charge in [0.05, 0.1) is 31.0 Å². The van der Waals surface area contributed by atoms with Crippen LogP contribution in [0.2, 0.25) is 0 Å². The Bertz CT molecular complexity index is 516. The zero-order chi connectivity index (χ0) is 11.5. The monoisotopic (exact) mass is 219 g/mol. The highest BCUT2D eigenvalue weighted by molar-refractivity contribution is 5.97. The smallest absolute Gasteiger partial charge is 0.340 e. The number of pyridine rings is 1. The van der Waals surface area contributed by atoms with Gasteiger partial charge in [-0.25, -0.2) is 4.79 Å². The summed E-state index contributed by atoms with van der Waals surface area (Å²) < 4.78 is 11.9. The second-order valence-corrected chi connectivity index (χ2v) is 3.31. The van der Waals surface area contributed by atoms with Gasteiger partial charge in [-0.2, -0.15) is 0 Å². The Morgan fingerprint density at radius 3 is 2.88 bits per heavy atom. The highest BCUT2D eigenvalue weighted by Crippen LogP contribution is 2.18. The van der Waals surface area contributed by atoms with Gasteiger partial charge in [0.2, 0.25) is 0 Å². The van der Waals surface area contributed by atoms with Crippen LogP contribution >= 0.6 is 0 Å². The van der Waals surface area contributed by atoms with Crippen molar-refractivity contribution in [2.45, 2.75) is 6.92 Å². The van der Waals surface area contributed by atoms with Gasteiger partial charge in [0.1, 0.15) is 5.75 Å². The Balaban J connectivity index is 2.45. The summed E-state index contributed by atoms with van der Waals surface area (Å²) in [5.74, 6) is 0.452. The number of ether oxygens (including phenoxy) is 2. The van der Waals surface area contributed by atoms with Crippen molar-refractivity contribution in [1.82, 2.24) is 4.40 Å². The molecule has 0 atom stereocenters. The molecule has 0 aliphatic heterocycles. The van der Waals surface area contributed by atoms with Crippen molar-refractivity contribution in [3.63, 3.8) is 0 Å². The largest absolute Gasteiger partial charge is 0.495 e. The van der Waals surface area contributed by atoms with Crippen molar-refractivity contribution in [3.05, 3.63) is 36.2 Å². The lowest BCUT2D eigenvalue weighted by Crippen LogP contribution is -2.03. The lowest BCUT2D eigenvalue weighted by molar-refractivity contribution is 0.0529. The number of nitrogens with zero attached hydrogens (tertiary/aromatic N) is 1. The minimum Gasteiger partial charge on any atom is -0.495 e. The summed E-state index contributed by atoms with van der Waals surface area (Å²) in [5, 5.41) is 0. The number of hydrogen-bond donors (Lipinski definition) is 0. The van der Waals surface area contributed by atoms with Gasteiger partial charge in [-0.3, -0.25) is 0 Å². The Morgan fingerprint density at radius 2 is 2.19 bits per heavy atom. The summed E-state index contributed by atoms with van der Waals surface area (Å²) in [4.78, 5) is 11.6. The van der Waals surface area contributed by atoms with Crippen molar-refractivity contribution in [1.29, 1.82) is 0 Å². The minimum absolute atomic E-state index is 0.296. The van der Waals surface area contributed by atoms with Gasteiger partial charge in [0.15, 0.2) is 0 Å². The van der Waals surface area contributed by atoms with Gasteiger partial charge in [0.25, 0.3) is 0 Å². The van der Waals surface area contributed by atoms with E-state index >= 15 is 0 Å². The van der Waals surface area contributed by atoms with Crippen LogP contribution in [0, 0.1) is 0 Å². The normalized spacial score (nSPS) is 10.4. The molecule has 0 N–H and O–H groups in total. The lowest BCUT2D eigenvalue weighted by Gasteiger charge is -2.03. The fourth-order valence-corrected chi connectivity index (χ4v) is 1.59. The third-order valence-corrected chi connectivity index (χ3v) is 2.36. The molecule has 4 heteroatoms. The van der Waals surface area contributed by atoms with E-state index in [9.17, 15) is 4.79 Å². The zero-order valence-corrected chi connectivity index (χ0v) is 9.27. The average Bonchev–Trinajstić information content (AvgIpc) is 2.71. The van der Waals surface area contributed by atoms with Gasteiger partial charge in [-0.05, 0) is 25.1 Å². The first-order valence-electron chi connectivity index (χ1n) is 5.08. The molecule has 0 aliphatic carbocycles. The average molecular weight is 219 g/mol. The zero-order valence-electron chi connectivity index (χ0n) is 9.27. The molecule has 2 aromatic rings. The van der Waals surface area contributed by atoms with Crippen LogP contribution in [0.25, 0.3) is 5.52 Å². The maximum Gasteiger partial charge on any atom is 0.340 e. The number of aromatic nitrogens is 1. The molecule has 0 saturated carbocycles. The summed E-state index contributed by atoms with van der Waals surface area (Å²) in [7, 11) is 1.61. The maximum absolute atomic E-state index is 11.6. The minimum atomic E-state index is -0.296. The molecule has 4 nitrogen and oxygen atoms in total. The SMILES string of the molecule is CCOC(=O)c1ccn2cc(OC)ccc12. The Hall–Kier alpha value is -1.97. The molecule has 0 fully saturated rings. The van der Waals surface area contributed by atoms with Crippen LogP contribution in [0.1, 0.15) is 17.3 Å². The third kappa shape index (κ3) is 1.74. The molecule has 0 spiro atoms. The highest BCUT2D eigenvalue weighted by atomic mass is 16.5. The van der Waals surface area contributed by atoms with Crippen LogP contribution in [-0.2, 0) is 4.74 Å². The molecule has 0 unspecified atom stereocenters. The fourth-order valence-electron chi connectivity index (χ4n) is 1.59. The van der Waals surface area contributed by atoms with E-state index in [-0.39, 0.29) is 5.97 Å². The number of fused-ring (bicyclic) bond motifs is 1. The van der Waals surface area contributed by atoms with E-state index in [0.29, 0.717) is 12.2 Å². The summed E-state index contributed by atoms with van der Waals surface area (Å²) in [6.07, 6.45) is 3.63. The first kappa shape index (κ1) is 10.5. The molecule has 0 aliphatic rings. The first-order valence-corrected chi connectivity index (χ1v) is 5.08. The topological polar surface area (TPSA) is 39.9 Å². The van der Waals surface area contributed by atoms with Crippen molar-refractivity contribution in [2.75, 3.05) is 13.7 Å². The second-order valence-electron chi connectivity index (χ2n) is 3.31. The molecule has 0 aromatic carbocycles. The van der Waals surface area contributed by atoms with Gasteiger partial charge in [0, 0.05) is 6.20 Å². The van der Waals surface area contributed by atoms with Crippen LogP contribution < -0.4 is 4.74 Å². The van der Waals surface area contributed by atoms with E-state index in [1.54, 1.807) is 20.1 Å². The van der Waals surface area contributed by atoms with Crippen molar-refractivity contribution in [3.8, 4) is 5.75 Å². The van der Waals surface area contributed by atoms with Crippen LogP contribution in [0.3, 0.4) is 0 Å². The lowest BCUT2D eigenvalue weighted by atomic mass is 10.2. The van der Waals surface area contributed by atoms with Crippen LogP contribution in [0.5, 0.6) is 5.75 Å². The van der Waals surface area contributed by atoms with Crippen molar-refractivity contribution < 1.29 is 14.3 Å². The molecular weight excluding hydrogens is 206 g/mol. The quantitative estimate of drug-likeness (QED) is 0.742. The summed E-state index contributed by atoms with van der Waals surface area (Å²) in [6.45, 7) is 2.17. The molecule has 2 rings (SSSR count). The third-order valence-electron chi connectivity index (χ3n) is 2.36. The second kappa shape index (κ2) is 4.26. The number of carbonyl (C=O) groups excluding carboxylic acids is 1. The number of hydrogen-bond acceptors (Lipinski definition) is 3. The maximum atomic E-state index is 11.6. The van der Waals surface area contributed by atoms with Crippen molar-refractivity contribution >= 4 is 11.5 Å². The molecule has 0 bridgehead atoms. The highest BCUT2D eigenvalue weighted by Gasteiger charge is 2.12. The number of esters is 1. The van der Waals surface area contributed by atoms with E-state index in [2.05, 4.69) is 0 Å². The van der Waals surface area contributed by atoms with Crippen LogP contribution in [-0.4, -0.2) is 24.1 Å². The van der Waals surface area contributed by atoms with Gasteiger partial charge < -0.3 is 13.9 Å². The number of rotatable bonds is 3. The molecule has 16 heavy (non-hydrogen) atoms. The Kier molecular flexibility index (Phi) is 2.81. The first-order chi connectivity index (χ1) is 7.76. The summed E-state index contributed by atoms with van der Waals surface area (Å²) >= 11 is 0. The van der Waals surface area contributed by atoms with E-state index in [4.69, 9.17) is 9.47 Å². The molecule has 0 saturated heterocycles. The summed E-state index contributed by atoms with van der Waals surface area (Å²) in [6, 6.07) is 5.40. The standard InChI is InChI=1S/C12H13NO3/c1-3-16-12(14)10-6-7-13-8-9(15-2)4-5-11(10)13/h4-8H,3H2,1-2H3. The van der Waals surface area contributed by atoms with E-state index in [0.717, 1.165) is 11.3 Å². The fraction of sp³-hybridized carbons (Fsp3) is 0.250. The molecular formula is C12H13NO3. The molecule has 0 radical (unpaired) electrons. The van der Waals surface area contributed by atoms with Crippen LogP contribution in [0.15, 0.2) is 30.6 Å². The number of carbonyl (C=O) groups is 1. The number of methoxy groups -OCH3 is 1. The molecule has 84 valence electrons. The van der Waals surface area contributed by atoms with Gasteiger partial charge in [-0.1, -0.05) is 0 Å². The van der Waals surface area contributed by atoms with Gasteiger partial charge >= 0.3 is 5.97 Å². The van der Waals surface area contributed by atoms with E-state index < -0.39 is 0 Å². The molecule has 2 aromatic heterocycles.